The highest BCUT2D eigenvalue weighted by Gasteiger charge is 2.54. The number of hydrogen-bond donors (Lipinski definition) is 11. The molecule has 18 nitrogen and oxygen atoms in total. The Morgan fingerprint density at radius 1 is 0.513 bits per heavy atom. The van der Waals surface area contributed by atoms with Crippen molar-refractivity contribution in [2.24, 2.45) is 5.73 Å². The molecule has 0 unspecified atom stereocenters. The van der Waals surface area contributed by atoms with Gasteiger partial charge in [0.25, 0.3) is 0 Å². The first-order chi connectivity index (χ1) is 18.5. The van der Waals surface area contributed by atoms with Crippen molar-refractivity contribution in [3.05, 3.63) is 0 Å². The lowest BCUT2D eigenvalue weighted by molar-refractivity contribution is -0.303. The van der Waals surface area contributed by atoms with Gasteiger partial charge in [-0.2, -0.15) is 0 Å². The van der Waals surface area contributed by atoms with Crippen LogP contribution in [0.5, 0.6) is 0 Å². The molecule has 4 fully saturated rings. The fourth-order valence-electron chi connectivity index (χ4n) is 4.86. The molecule has 0 spiro atoms. The Balaban J connectivity index is 1.50. The SMILES string of the molecule is N[C@H]1[C@H](O[C@H]2[C@H](O[C@H]3O[C@H](CO)[C@@H](O)[C@@H]3O)[C@@H](CO[C@H]3O[C@H](CO)[C@@H](O)[C@@H]3O)O[C@@H]2O)O[C@H](CO)[C@H](O)[C@@H]1O. The van der Waals surface area contributed by atoms with Gasteiger partial charge in [0.2, 0.25) is 0 Å². The van der Waals surface area contributed by atoms with E-state index in [1.54, 1.807) is 0 Å². The highest BCUT2D eigenvalue weighted by atomic mass is 16.8. The largest absolute Gasteiger partial charge is 0.394 e. The van der Waals surface area contributed by atoms with Crippen LogP contribution in [0.15, 0.2) is 0 Å². The van der Waals surface area contributed by atoms with Gasteiger partial charge < -0.3 is 90.0 Å². The highest BCUT2D eigenvalue weighted by Crippen LogP contribution is 2.34. The molecule has 17 atom stereocenters. The molecule has 4 aliphatic rings. The predicted octanol–water partition coefficient (Wildman–Crippen LogP) is -7.87. The zero-order valence-electron chi connectivity index (χ0n) is 20.6. The molecule has 228 valence electrons. The van der Waals surface area contributed by atoms with E-state index < -0.39 is 131 Å². The van der Waals surface area contributed by atoms with Crippen LogP contribution in [0.2, 0.25) is 0 Å². The van der Waals surface area contributed by atoms with Gasteiger partial charge in [-0.1, -0.05) is 0 Å². The molecule has 0 aromatic carbocycles. The average Bonchev–Trinajstić information content (AvgIpc) is 3.48. The quantitative estimate of drug-likeness (QED) is 0.115. The maximum Gasteiger partial charge on any atom is 0.187 e. The van der Waals surface area contributed by atoms with E-state index in [0.29, 0.717) is 0 Å². The van der Waals surface area contributed by atoms with Gasteiger partial charge in [-0.15, -0.1) is 0 Å². The third-order valence-electron chi connectivity index (χ3n) is 7.22. The molecule has 18 heteroatoms. The molecule has 4 aliphatic heterocycles. The number of nitrogens with two attached hydrogens (primary N) is 1. The first-order valence-electron chi connectivity index (χ1n) is 12.4. The molecule has 0 bridgehead atoms. The van der Waals surface area contributed by atoms with Crippen LogP contribution in [0, 0.1) is 0 Å². The monoisotopic (exact) mass is 575 g/mol. The second kappa shape index (κ2) is 13.1. The number of rotatable bonds is 10. The van der Waals surface area contributed by atoms with Crippen molar-refractivity contribution in [2.75, 3.05) is 26.4 Å². The minimum Gasteiger partial charge on any atom is -0.394 e. The van der Waals surface area contributed by atoms with Crippen LogP contribution in [-0.4, -0.2) is 182 Å². The summed E-state index contributed by atoms with van der Waals surface area (Å²) in [5.41, 5.74) is 5.93. The van der Waals surface area contributed by atoms with E-state index in [9.17, 15) is 51.1 Å². The van der Waals surface area contributed by atoms with Crippen molar-refractivity contribution in [1.29, 1.82) is 0 Å². The lowest BCUT2D eigenvalue weighted by atomic mass is 9.97. The van der Waals surface area contributed by atoms with Crippen molar-refractivity contribution in [2.45, 2.75) is 104 Å². The van der Waals surface area contributed by atoms with Crippen molar-refractivity contribution in [1.82, 2.24) is 0 Å². The maximum atomic E-state index is 10.7. The molecule has 12 N–H and O–H groups in total. The summed E-state index contributed by atoms with van der Waals surface area (Å²) in [6, 6.07) is -1.35. The van der Waals surface area contributed by atoms with Crippen LogP contribution in [-0.2, 0) is 33.2 Å². The lowest BCUT2D eigenvalue weighted by Crippen LogP contribution is -2.63. The van der Waals surface area contributed by atoms with Crippen molar-refractivity contribution >= 4 is 0 Å². The summed E-state index contributed by atoms with van der Waals surface area (Å²) in [4.78, 5) is 0. The van der Waals surface area contributed by atoms with Gasteiger partial charge in [0.1, 0.15) is 73.2 Å². The predicted molar refractivity (Wildman–Crippen MR) is 118 cm³/mol. The second-order valence-electron chi connectivity index (χ2n) is 9.80. The smallest absolute Gasteiger partial charge is 0.187 e. The van der Waals surface area contributed by atoms with Crippen LogP contribution in [0.1, 0.15) is 0 Å². The van der Waals surface area contributed by atoms with E-state index in [1.807, 2.05) is 0 Å². The Morgan fingerprint density at radius 3 is 1.54 bits per heavy atom. The van der Waals surface area contributed by atoms with Crippen LogP contribution < -0.4 is 5.73 Å². The van der Waals surface area contributed by atoms with E-state index in [4.69, 9.17) is 38.9 Å². The lowest BCUT2D eigenvalue weighted by Gasteiger charge is -2.42. The van der Waals surface area contributed by atoms with Gasteiger partial charge in [0.15, 0.2) is 25.2 Å². The number of aliphatic hydroxyl groups is 10. The van der Waals surface area contributed by atoms with Gasteiger partial charge in [0.05, 0.1) is 32.5 Å². The van der Waals surface area contributed by atoms with E-state index in [1.165, 1.54) is 0 Å². The molecule has 4 heterocycles. The molecule has 0 aromatic rings. The van der Waals surface area contributed by atoms with Crippen LogP contribution >= 0.6 is 0 Å². The Kier molecular flexibility index (Phi) is 10.5. The topological polar surface area (TPSA) is 293 Å². The van der Waals surface area contributed by atoms with E-state index in [-0.39, 0.29) is 0 Å². The zero-order chi connectivity index (χ0) is 28.6. The van der Waals surface area contributed by atoms with Gasteiger partial charge in [0, 0.05) is 0 Å². The maximum absolute atomic E-state index is 10.7. The fraction of sp³-hybridized carbons (Fsp3) is 1.00. The average molecular weight is 576 g/mol. The molecule has 0 amide bonds. The molecule has 0 aliphatic carbocycles. The molecule has 4 rings (SSSR count). The first kappa shape index (κ1) is 31.2. The molecule has 0 radical (unpaired) electrons. The van der Waals surface area contributed by atoms with E-state index in [2.05, 4.69) is 0 Å². The van der Waals surface area contributed by atoms with Crippen molar-refractivity contribution in [3.8, 4) is 0 Å². The van der Waals surface area contributed by atoms with Crippen LogP contribution in [0.25, 0.3) is 0 Å². The van der Waals surface area contributed by atoms with Crippen molar-refractivity contribution < 1.29 is 84.2 Å². The summed E-state index contributed by atoms with van der Waals surface area (Å²) in [5.74, 6) is 0. The van der Waals surface area contributed by atoms with Crippen molar-refractivity contribution in [3.63, 3.8) is 0 Å². The molecule has 0 saturated carbocycles. The standard InChI is InChI=1S/C21H37NO17/c22-9-13(29)10(26)5(1-23)35-19(9)39-17-16(38-21-15(31)12(28)7(3-25)37-21)8(34-18(17)32)4-33-20-14(30)11(27)6(2-24)36-20/h5-21,23-32H,1-4,22H2/t5-,6-,7-,8-,9-,10+,11-,12-,13-,14+,15+,16-,17+,18+,19+,20+,21-/m1/s1. The third-order valence-corrected chi connectivity index (χ3v) is 7.22. The summed E-state index contributed by atoms with van der Waals surface area (Å²) in [5, 5.41) is 99.6. The number of aliphatic hydroxyl groups excluding tert-OH is 10. The Hall–Kier alpha value is -0.720. The van der Waals surface area contributed by atoms with E-state index in [0.717, 1.165) is 0 Å². The third kappa shape index (κ3) is 6.23. The fourth-order valence-corrected chi connectivity index (χ4v) is 4.86. The molecular weight excluding hydrogens is 538 g/mol. The summed E-state index contributed by atoms with van der Waals surface area (Å²) < 4.78 is 38.6. The van der Waals surface area contributed by atoms with Crippen LogP contribution in [0.3, 0.4) is 0 Å². The molecular formula is C21H37NO17. The van der Waals surface area contributed by atoms with Gasteiger partial charge in [-0.25, -0.2) is 0 Å². The minimum atomic E-state index is -1.77. The summed E-state index contributed by atoms with van der Waals surface area (Å²) >= 11 is 0. The number of hydrogen-bond acceptors (Lipinski definition) is 18. The summed E-state index contributed by atoms with van der Waals surface area (Å²) in [6.07, 6.45) is -23.1. The van der Waals surface area contributed by atoms with Gasteiger partial charge in [-0.3, -0.25) is 0 Å². The first-order valence-corrected chi connectivity index (χ1v) is 12.4. The molecule has 0 aromatic heterocycles. The Morgan fingerprint density at radius 2 is 0.974 bits per heavy atom. The normalized spacial score (nSPS) is 52.5. The van der Waals surface area contributed by atoms with Crippen LogP contribution in [0.4, 0.5) is 0 Å². The molecule has 4 saturated heterocycles. The summed E-state index contributed by atoms with van der Waals surface area (Å²) in [6.45, 7) is -2.41. The second-order valence-corrected chi connectivity index (χ2v) is 9.80. The minimum absolute atomic E-state index is 0.471. The zero-order valence-corrected chi connectivity index (χ0v) is 20.6. The highest BCUT2D eigenvalue weighted by molar-refractivity contribution is 4.96. The van der Waals surface area contributed by atoms with Gasteiger partial charge in [-0.05, 0) is 0 Å². The van der Waals surface area contributed by atoms with Gasteiger partial charge >= 0.3 is 0 Å². The number of ether oxygens (including phenoxy) is 7. The molecule has 39 heavy (non-hydrogen) atoms. The summed E-state index contributed by atoms with van der Waals surface area (Å²) in [7, 11) is 0. The van der Waals surface area contributed by atoms with E-state index >= 15 is 0 Å². The Labute approximate surface area is 221 Å². The Bertz CT molecular complexity index is 781.